The average Bonchev–Trinajstić information content (AvgIpc) is 2.54. The van der Waals surface area contributed by atoms with Gasteiger partial charge >= 0.3 is 0 Å². The Balaban J connectivity index is 1.82. The Morgan fingerprint density at radius 2 is 1.88 bits per heavy atom. The molecule has 1 aromatic rings. The zero-order valence-electron chi connectivity index (χ0n) is 14.5. The molecule has 1 saturated carbocycles. The van der Waals surface area contributed by atoms with E-state index >= 15 is 0 Å². The summed E-state index contributed by atoms with van der Waals surface area (Å²) in [6.45, 7) is 4.46. The predicted octanol–water partition coefficient (Wildman–Crippen LogP) is 6.55. The second-order valence-electron chi connectivity index (χ2n) is 7.92. The number of rotatable bonds is 3. The molecule has 0 N–H and O–H groups in total. The second-order valence-corrected chi connectivity index (χ2v) is 11.8. The molecule has 0 saturated heterocycles. The van der Waals surface area contributed by atoms with Gasteiger partial charge in [-0.1, -0.05) is 64.6 Å². The number of benzene rings is 1. The van der Waals surface area contributed by atoms with E-state index in [1.54, 1.807) is 18.2 Å². The summed E-state index contributed by atoms with van der Waals surface area (Å²) in [7, 11) is -3.23. The highest BCUT2D eigenvalue weighted by Crippen LogP contribution is 2.51. The fourth-order valence-electron chi connectivity index (χ4n) is 4.03. The molecule has 2 atom stereocenters. The molecule has 1 aromatic carbocycles. The van der Waals surface area contributed by atoms with Gasteiger partial charge in [-0.15, -0.1) is 0 Å². The summed E-state index contributed by atoms with van der Waals surface area (Å²) < 4.78 is 27.2. The standard InChI is InChI=1S/C19H23BrCl2O2S/c1-19(2)8-7-13-4-5-14(10-15(13)18(19)20)25(23,24)11-12-3-6-16(21)17(22)9-12/h3,6,9,13-14H,4-5,7-8,10-11H2,1-2H3. The summed E-state index contributed by atoms with van der Waals surface area (Å²) in [6, 6.07) is 5.07. The third kappa shape index (κ3) is 4.12. The van der Waals surface area contributed by atoms with Crippen LogP contribution in [0.5, 0.6) is 0 Å². The largest absolute Gasteiger partial charge is 0.228 e. The molecule has 2 nitrogen and oxygen atoms in total. The third-order valence-corrected chi connectivity index (χ3v) is 10.1. The van der Waals surface area contributed by atoms with E-state index in [-0.39, 0.29) is 16.4 Å². The number of hydrogen-bond donors (Lipinski definition) is 0. The fraction of sp³-hybridized carbons (Fsp3) is 0.579. The van der Waals surface area contributed by atoms with Crippen LogP contribution in [0.1, 0.15) is 51.5 Å². The Kier molecular flexibility index (Phi) is 5.66. The van der Waals surface area contributed by atoms with Crippen molar-refractivity contribution in [3.8, 4) is 0 Å². The molecule has 1 fully saturated rings. The zero-order valence-corrected chi connectivity index (χ0v) is 18.4. The maximum Gasteiger partial charge on any atom is 0.157 e. The molecule has 2 aliphatic rings. The van der Waals surface area contributed by atoms with Crippen LogP contribution in [0.25, 0.3) is 0 Å². The minimum absolute atomic E-state index is 0.0213. The Bertz CT molecular complexity index is 815. The molecule has 138 valence electrons. The minimum atomic E-state index is -3.23. The van der Waals surface area contributed by atoms with E-state index < -0.39 is 9.84 Å². The van der Waals surface area contributed by atoms with Gasteiger partial charge in [-0.25, -0.2) is 8.42 Å². The molecule has 0 aromatic heterocycles. The van der Waals surface area contributed by atoms with Gasteiger partial charge in [0.2, 0.25) is 0 Å². The molecule has 3 rings (SSSR count). The lowest BCUT2D eigenvalue weighted by Crippen LogP contribution is -2.34. The van der Waals surface area contributed by atoms with Crippen LogP contribution in [0, 0.1) is 11.3 Å². The van der Waals surface area contributed by atoms with Gasteiger partial charge in [-0.3, -0.25) is 0 Å². The molecule has 2 unspecified atom stereocenters. The maximum atomic E-state index is 13.0. The van der Waals surface area contributed by atoms with E-state index in [1.165, 1.54) is 10.1 Å². The van der Waals surface area contributed by atoms with E-state index in [9.17, 15) is 8.42 Å². The van der Waals surface area contributed by atoms with Gasteiger partial charge in [0.15, 0.2) is 9.84 Å². The van der Waals surface area contributed by atoms with Crippen molar-refractivity contribution in [3.05, 3.63) is 43.9 Å². The summed E-state index contributed by atoms with van der Waals surface area (Å²) in [4.78, 5) is 0. The van der Waals surface area contributed by atoms with Crippen molar-refractivity contribution in [2.24, 2.45) is 11.3 Å². The maximum absolute atomic E-state index is 13.0. The monoisotopic (exact) mass is 464 g/mol. The van der Waals surface area contributed by atoms with Gasteiger partial charge in [0, 0.05) is 4.48 Å². The van der Waals surface area contributed by atoms with Crippen LogP contribution in [-0.2, 0) is 15.6 Å². The highest BCUT2D eigenvalue weighted by molar-refractivity contribution is 9.11. The Hall–Kier alpha value is -0.0300. The molecule has 0 aliphatic heterocycles. The second kappa shape index (κ2) is 7.18. The van der Waals surface area contributed by atoms with E-state index in [0.717, 1.165) is 25.7 Å². The van der Waals surface area contributed by atoms with Gasteiger partial charge in [-0.2, -0.15) is 0 Å². The third-order valence-electron chi connectivity index (χ3n) is 5.63. The quantitative estimate of drug-likeness (QED) is 0.507. The first kappa shape index (κ1) is 19.7. The van der Waals surface area contributed by atoms with Gasteiger partial charge in [0.05, 0.1) is 21.0 Å². The molecule has 0 spiro atoms. The molecule has 0 amide bonds. The fourth-order valence-corrected chi connectivity index (χ4v) is 6.84. The highest BCUT2D eigenvalue weighted by Gasteiger charge is 2.40. The summed E-state index contributed by atoms with van der Waals surface area (Å²) >= 11 is 15.7. The number of allylic oxidation sites excluding steroid dienone is 2. The molecule has 0 bridgehead atoms. The van der Waals surface area contributed by atoms with Crippen molar-refractivity contribution < 1.29 is 8.42 Å². The van der Waals surface area contributed by atoms with Crippen LogP contribution in [0.3, 0.4) is 0 Å². The molecule has 25 heavy (non-hydrogen) atoms. The van der Waals surface area contributed by atoms with Crippen molar-refractivity contribution in [3.63, 3.8) is 0 Å². The first-order valence-electron chi connectivity index (χ1n) is 8.65. The van der Waals surface area contributed by atoms with Crippen molar-refractivity contribution in [1.82, 2.24) is 0 Å². The van der Waals surface area contributed by atoms with E-state index in [4.69, 9.17) is 23.2 Å². The lowest BCUT2D eigenvalue weighted by molar-refractivity contribution is 0.302. The summed E-state index contributed by atoms with van der Waals surface area (Å²) in [6.07, 6.45) is 4.68. The average molecular weight is 466 g/mol. The van der Waals surface area contributed by atoms with E-state index in [2.05, 4.69) is 29.8 Å². The Morgan fingerprint density at radius 1 is 1.16 bits per heavy atom. The van der Waals surface area contributed by atoms with Gasteiger partial charge in [0.1, 0.15) is 0 Å². The van der Waals surface area contributed by atoms with Crippen molar-refractivity contribution in [2.45, 2.75) is 57.0 Å². The van der Waals surface area contributed by atoms with Crippen LogP contribution >= 0.6 is 39.1 Å². The summed E-state index contributed by atoms with van der Waals surface area (Å²) in [5.41, 5.74) is 2.14. The lowest BCUT2D eigenvalue weighted by atomic mass is 9.69. The number of hydrogen-bond acceptors (Lipinski definition) is 2. The topological polar surface area (TPSA) is 34.1 Å². The molecule has 0 heterocycles. The Morgan fingerprint density at radius 3 is 2.56 bits per heavy atom. The van der Waals surface area contributed by atoms with E-state index in [1.807, 2.05) is 0 Å². The zero-order chi connectivity index (χ0) is 18.4. The predicted molar refractivity (Wildman–Crippen MR) is 109 cm³/mol. The SMILES string of the molecule is CC1(C)CCC2CCC(S(=O)(=O)Cc3ccc(Cl)c(Cl)c3)CC2=C1Br. The van der Waals surface area contributed by atoms with Crippen LogP contribution in [0.15, 0.2) is 28.3 Å². The van der Waals surface area contributed by atoms with Crippen molar-refractivity contribution >= 4 is 49.0 Å². The highest BCUT2D eigenvalue weighted by atomic mass is 79.9. The van der Waals surface area contributed by atoms with Crippen LogP contribution in [0.4, 0.5) is 0 Å². The molecular weight excluding hydrogens is 443 g/mol. The van der Waals surface area contributed by atoms with Gasteiger partial charge < -0.3 is 0 Å². The minimum Gasteiger partial charge on any atom is -0.228 e. The van der Waals surface area contributed by atoms with Gasteiger partial charge in [0.25, 0.3) is 0 Å². The molecule has 0 radical (unpaired) electrons. The van der Waals surface area contributed by atoms with Gasteiger partial charge in [-0.05, 0) is 61.1 Å². The van der Waals surface area contributed by atoms with Crippen molar-refractivity contribution in [2.75, 3.05) is 0 Å². The normalized spacial score (nSPS) is 26.4. The van der Waals surface area contributed by atoms with E-state index in [0.29, 0.717) is 27.9 Å². The number of halogens is 3. The lowest BCUT2D eigenvalue weighted by Gasteiger charge is -2.41. The van der Waals surface area contributed by atoms with Crippen LogP contribution in [0.2, 0.25) is 10.0 Å². The first-order valence-corrected chi connectivity index (χ1v) is 11.9. The summed E-state index contributed by atoms with van der Waals surface area (Å²) in [5.74, 6) is 0.562. The molecular formula is C19H23BrCl2O2S. The number of sulfone groups is 1. The smallest absolute Gasteiger partial charge is 0.157 e. The Labute approximate surface area is 169 Å². The summed E-state index contributed by atoms with van der Waals surface area (Å²) in [5, 5.41) is 0.536. The molecule has 6 heteroatoms. The van der Waals surface area contributed by atoms with Crippen LogP contribution in [-0.4, -0.2) is 13.7 Å². The van der Waals surface area contributed by atoms with Crippen LogP contribution < -0.4 is 0 Å². The molecule has 2 aliphatic carbocycles. The van der Waals surface area contributed by atoms with Crippen molar-refractivity contribution in [1.29, 1.82) is 0 Å². The first-order chi connectivity index (χ1) is 11.6. The number of fused-ring (bicyclic) bond motifs is 1.